The molecule has 2 aromatic rings. The van der Waals surface area contributed by atoms with Crippen molar-refractivity contribution in [2.45, 2.75) is 84.8 Å². The van der Waals surface area contributed by atoms with Crippen LogP contribution < -0.4 is 0 Å². The Labute approximate surface area is 196 Å². The minimum atomic E-state index is -0.808. The number of benzene rings is 2. The first-order valence-electron chi connectivity index (χ1n) is 11.5. The number of carboxylic acids is 1. The van der Waals surface area contributed by atoms with Crippen LogP contribution in [0.1, 0.15) is 94.7 Å². The molecule has 0 aromatic heterocycles. The van der Waals surface area contributed by atoms with Gasteiger partial charge in [0, 0.05) is 11.1 Å². The Kier molecular flexibility index (Phi) is 8.51. The zero-order valence-electron chi connectivity index (χ0n) is 20.9. The molecule has 0 aliphatic carbocycles. The number of carbonyl (C=O) groups is 1. The zero-order chi connectivity index (χ0) is 24.1. The maximum Gasteiger partial charge on any atom is 0.307 e. The minimum Gasteiger partial charge on any atom is -0.481 e. The standard InChI is InChI=1S/C28H38O3Si/c1-9-22-16-20(12-14-23(22)18-26(29)30)10-11-21-13-15-25(24(17-21)19(2)3)28(7,8)31-32-27(4,5)6/h12-17,19H,9,18,32H2,1-8H3,(H,29,30). The van der Waals surface area contributed by atoms with Crippen LogP contribution in [0.5, 0.6) is 0 Å². The summed E-state index contributed by atoms with van der Waals surface area (Å²) in [5.41, 5.74) is 5.98. The SMILES string of the molecule is CCc1cc(C#Cc2ccc(C(C)(C)O[SiH2]C(C)(C)C)c(C(C)C)c2)ccc1CC(=O)O. The first-order chi connectivity index (χ1) is 14.8. The van der Waals surface area contributed by atoms with Crippen LogP contribution in [0.4, 0.5) is 0 Å². The molecular formula is C28H38O3Si. The van der Waals surface area contributed by atoms with Gasteiger partial charge in [0.2, 0.25) is 0 Å². The molecule has 2 aromatic carbocycles. The predicted octanol–water partition coefficient (Wildman–Crippen LogP) is 5.95. The van der Waals surface area contributed by atoms with Gasteiger partial charge in [-0.2, -0.15) is 0 Å². The highest BCUT2D eigenvalue weighted by Crippen LogP contribution is 2.34. The van der Waals surface area contributed by atoms with E-state index in [0.717, 1.165) is 28.7 Å². The van der Waals surface area contributed by atoms with Crippen molar-refractivity contribution < 1.29 is 14.3 Å². The fraction of sp³-hybridized carbons (Fsp3) is 0.464. The molecule has 2 rings (SSSR count). The number of rotatable bonds is 7. The predicted molar refractivity (Wildman–Crippen MR) is 136 cm³/mol. The Morgan fingerprint density at radius 3 is 2.12 bits per heavy atom. The highest BCUT2D eigenvalue weighted by atomic mass is 28.2. The van der Waals surface area contributed by atoms with Gasteiger partial charge in [0.05, 0.1) is 12.0 Å². The smallest absolute Gasteiger partial charge is 0.307 e. The fourth-order valence-corrected chi connectivity index (χ4v) is 4.60. The van der Waals surface area contributed by atoms with Crippen molar-refractivity contribution in [2.75, 3.05) is 0 Å². The van der Waals surface area contributed by atoms with Crippen molar-refractivity contribution in [2.24, 2.45) is 0 Å². The van der Waals surface area contributed by atoms with Crippen molar-refractivity contribution in [3.63, 3.8) is 0 Å². The van der Waals surface area contributed by atoms with Crippen LogP contribution in [0, 0.1) is 11.8 Å². The van der Waals surface area contributed by atoms with E-state index in [-0.39, 0.29) is 17.1 Å². The van der Waals surface area contributed by atoms with Gasteiger partial charge < -0.3 is 9.53 Å². The van der Waals surface area contributed by atoms with Crippen LogP contribution in [0.15, 0.2) is 36.4 Å². The Hall–Kier alpha value is -2.35. The summed E-state index contributed by atoms with van der Waals surface area (Å²) in [6.07, 6.45) is 0.837. The maximum absolute atomic E-state index is 11.1. The summed E-state index contributed by atoms with van der Waals surface area (Å²) in [5.74, 6) is 6.13. The van der Waals surface area contributed by atoms with E-state index in [4.69, 9.17) is 9.53 Å². The lowest BCUT2D eigenvalue weighted by Gasteiger charge is -2.33. The number of aliphatic carboxylic acids is 1. The van der Waals surface area contributed by atoms with Crippen molar-refractivity contribution in [1.82, 2.24) is 0 Å². The minimum absolute atomic E-state index is 0.0476. The van der Waals surface area contributed by atoms with E-state index in [2.05, 4.69) is 78.5 Å². The van der Waals surface area contributed by atoms with E-state index in [9.17, 15) is 4.79 Å². The fourth-order valence-electron chi connectivity index (χ4n) is 3.65. The number of hydrogen-bond donors (Lipinski definition) is 1. The van der Waals surface area contributed by atoms with E-state index in [1.165, 1.54) is 11.1 Å². The maximum atomic E-state index is 11.1. The summed E-state index contributed by atoms with van der Waals surface area (Å²) in [6.45, 7) is 17.5. The van der Waals surface area contributed by atoms with Crippen molar-refractivity contribution in [3.05, 3.63) is 69.8 Å². The van der Waals surface area contributed by atoms with Gasteiger partial charge >= 0.3 is 5.97 Å². The molecule has 4 heteroatoms. The molecule has 32 heavy (non-hydrogen) atoms. The van der Waals surface area contributed by atoms with Gasteiger partial charge in [0.1, 0.15) is 0 Å². The van der Waals surface area contributed by atoms with E-state index < -0.39 is 15.7 Å². The lowest BCUT2D eigenvalue weighted by Crippen LogP contribution is -2.29. The summed E-state index contributed by atoms with van der Waals surface area (Å²) >= 11 is 0. The molecule has 0 bridgehead atoms. The van der Waals surface area contributed by atoms with Gasteiger partial charge in [-0.05, 0) is 77.7 Å². The Morgan fingerprint density at radius 1 is 1.00 bits per heavy atom. The van der Waals surface area contributed by atoms with Crippen molar-refractivity contribution in [3.8, 4) is 11.8 Å². The second-order valence-corrected chi connectivity index (χ2v) is 13.2. The molecule has 0 fully saturated rings. The van der Waals surface area contributed by atoms with Gasteiger partial charge in [-0.1, -0.05) is 65.5 Å². The summed E-state index contributed by atoms with van der Waals surface area (Å²) < 4.78 is 6.47. The normalized spacial score (nSPS) is 12.3. The first kappa shape index (κ1) is 25.9. The number of hydrogen-bond acceptors (Lipinski definition) is 2. The summed E-state index contributed by atoms with van der Waals surface area (Å²) in [6, 6.07) is 12.3. The lowest BCUT2D eigenvalue weighted by molar-refractivity contribution is -0.136. The van der Waals surface area contributed by atoms with E-state index in [1.807, 2.05) is 25.1 Å². The molecular weight excluding hydrogens is 412 g/mol. The molecule has 1 N–H and O–H groups in total. The van der Waals surface area contributed by atoms with Crippen LogP contribution in [0.2, 0.25) is 5.04 Å². The summed E-state index contributed by atoms with van der Waals surface area (Å²) in [7, 11) is -0.675. The Morgan fingerprint density at radius 2 is 1.59 bits per heavy atom. The lowest BCUT2D eigenvalue weighted by atomic mass is 9.86. The molecule has 172 valence electrons. The van der Waals surface area contributed by atoms with E-state index in [0.29, 0.717) is 5.92 Å². The average Bonchev–Trinajstić information content (AvgIpc) is 2.70. The van der Waals surface area contributed by atoms with Crippen LogP contribution in [-0.4, -0.2) is 20.8 Å². The van der Waals surface area contributed by atoms with Gasteiger partial charge in [0.15, 0.2) is 9.76 Å². The Bertz CT molecular complexity index is 1020. The molecule has 0 radical (unpaired) electrons. The quantitative estimate of drug-likeness (QED) is 0.419. The largest absolute Gasteiger partial charge is 0.481 e. The Balaban J connectivity index is 2.35. The van der Waals surface area contributed by atoms with Crippen LogP contribution >= 0.6 is 0 Å². The average molecular weight is 451 g/mol. The highest BCUT2D eigenvalue weighted by Gasteiger charge is 2.27. The summed E-state index contributed by atoms with van der Waals surface area (Å²) in [5, 5.41) is 9.35. The van der Waals surface area contributed by atoms with Crippen LogP contribution in [0.3, 0.4) is 0 Å². The second-order valence-electron chi connectivity index (χ2n) is 10.5. The third-order valence-electron chi connectivity index (χ3n) is 5.47. The molecule has 0 spiro atoms. The monoisotopic (exact) mass is 450 g/mol. The van der Waals surface area contributed by atoms with Gasteiger partial charge in [-0.3, -0.25) is 4.79 Å². The van der Waals surface area contributed by atoms with E-state index in [1.54, 1.807) is 0 Å². The van der Waals surface area contributed by atoms with Crippen LogP contribution in [-0.2, 0) is 27.7 Å². The molecule has 3 nitrogen and oxygen atoms in total. The van der Waals surface area contributed by atoms with Gasteiger partial charge in [-0.25, -0.2) is 0 Å². The van der Waals surface area contributed by atoms with Crippen LogP contribution in [0.25, 0.3) is 0 Å². The molecule has 0 saturated heterocycles. The molecule has 0 saturated carbocycles. The van der Waals surface area contributed by atoms with Gasteiger partial charge in [-0.15, -0.1) is 0 Å². The highest BCUT2D eigenvalue weighted by molar-refractivity contribution is 6.31. The molecule has 0 unspecified atom stereocenters. The number of aryl methyl sites for hydroxylation is 1. The molecule has 0 aliphatic rings. The summed E-state index contributed by atoms with van der Waals surface area (Å²) in [4.78, 5) is 11.1. The van der Waals surface area contributed by atoms with Gasteiger partial charge in [0.25, 0.3) is 0 Å². The number of carboxylic acid groups (broad SMARTS) is 1. The first-order valence-corrected chi connectivity index (χ1v) is 12.7. The third-order valence-corrected chi connectivity index (χ3v) is 7.20. The molecule has 0 aliphatic heterocycles. The van der Waals surface area contributed by atoms with Crippen molar-refractivity contribution in [1.29, 1.82) is 0 Å². The third kappa shape index (κ3) is 7.36. The molecule has 0 atom stereocenters. The second kappa shape index (κ2) is 10.5. The molecule has 0 heterocycles. The van der Waals surface area contributed by atoms with E-state index >= 15 is 0 Å². The topological polar surface area (TPSA) is 46.5 Å². The zero-order valence-corrected chi connectivity index (χ0v) is 22.3. The molecule has 0 amide bonds. The van der Waals surface area contributed by atoms with Crippen molar-refractivity contribution >= 4 is 15.7 Å².